The van der Waals surface area contributed by atoms with Gasteiger partial charge in [-0.1, -0.05) is 22.0 Å². The second-order valence-corrected chi connectivity index (χ2v) is 8.34. The van der Waals surface area contributed by atoms with Crippen molar-refractivity contribution in [2.45, 2.75) is 6.92 Å². The lowest BCUT2D eigenvalue weighted by molar-refractivity contribution is 0.219. The summed E-state index contributed by atoms with van der Waals surface area (Å²) in [6.07, 6.45) is 0. The Bertz CT molecular complexity index is 1010. The second kappa shape index (κ2) is 6.70. The Morgan fingerprint density at radius 2 is 2.00 bits per heavy atom. The number of fused-ring (bicyclic) bond motifs is 3. The molecule has 3 nitrogen and oxygen atoms in total. The number of ether oxygens (including phenoxy) is 2. The molecular formula is C18H14BrNO2S2. The van der Waals surface area contributed by atoms with E-state index in [1.807, 2.05) is 31.2 Å². The Morgan fingerprint density at radius 3 is 2.88 bits per heavy atom. The first-order valence-corrected chi connectivity index (χ1v) is 9.98. The Hall–Kier alpha value is -1.63. The minimum absolute atomic E-state index is 0.501. The minimum atomic E-state index is 0.501. The molecule has 0 aliphatic carbocycles. The number of aromatic nitrogens is 1. The van der Waals surface area contributed by atoms with Crippen molar-refractivity contribution in [3.8, 4) is 11.5 Å². The molecule has 0 radical (unpaired) electrons. The molecule has 0 unspecified atom stereocenters. The van der Waals surface area contributed by atoms with Gasteiger partial charge in [0.25, 0.3) is 0 Å². The minimum Gasteiger partial charge on any atom is -0.490 e. The number of halogens is 1. The average Bonchev–Trinajstić information content (AvgIpc) is 3.17. The number of thiazole rings is 1. The molecule has 0 fully saturated rings. The molecule has 2 aromatic heterocycles. The molecule has 0 atom stereocenters. The summed E-state index contributed by atoms with van der Waals surface area (Å²) in [5.74, 6) is 1.74. The number of rotatable bonds is 5. The Morgan fingerprint density at radius 1 is 1.12 bits per heavy atom. The van der Waals surface area contributed by atoms with Gasteiger partial charge in [-0.25, -0.2) is 4.98 Å². The summed E-state index contributed by atoms with van der Waals surface area (Å²) in [5, 5.41) is 4.29. The molecule has 0 bridgehead atoms. The SMILES string of the molecule is Cc1nc2c(cc(OCCOc3cccc(Br)c3)c3ccsc32)s1. The molecule has 4 aromatic rings. The largest absolute Gasteiger partial charge is 0.490 e. The lowest BCUT2D eigenvalue weighted by Crippen LogP contribution is -2.09. The summed E-state index contributed by atoms with van der Waals surface area (Å²) in [4.78, 5) is 4.64. The molecule has 6 heteroatoms. The summed E-state index contributed by atoms with van der Waals surface area (Å²) in [7, 11) is 0. The fraction of sp³-hybridized carbons (Fsp3) is 0.167. The highest BCUT2D eigenvalue weighted by molar-refractivity contribution is 9.10. The average molecular weight is 420 g/mol. The maximum Gasteiger partial charge on any atom is 0.129 e. The predicted octanol–water partition coefficient (Wildman–Crippen LogP) is 6.04. The summed E-state index contributed by atoms with van der Waals surface area (Å²) in [5.41, 5.74) is 1.08. The monoisotopic (exact) mass is 419 g/mol. The van der Waals surface area contributed by atoms with Gasteiger partial charge in [-0.15, -0.1) is 22.7 Å². The molecule has 0 aliphatic rings. The summed E-state index contributed by atoms with van der Waals surface area (Å²) in [6.45, 7) is 3.04. The van der Waals surface area contributed by atoms with Crippen LogP contribution in [0.3, 0.4) is 0 Å². The lowest BCUT2D eigenvalue weighted by atomic mass is 10.2. The maximum atomic E-state index is 6.00. The van der Waals surface area contributed by atoms with Crippen molar-refractivity contribution < 1.29 is 9.47 Å². The number of hydrogen-bond donors (Lipinski definition) is 0. The topological polar surface area (TPSA) is 31.4 Å². The highest BCUT2D eigenvalue weighted by atomic mass is 79.9. The van der Waals surface area contributed by atoms with E-state index < -0.39 is 0 Å². The first kappa shape index (κ1) is 15.9. The van der Waals surface area contributed by atoms with Crippen LogP contribution in [0.4, 0.5) is 0 Å². The fourth-order valence-electron chi connectivity index (χ4n) is 2.57. The molecule has 0 saturated carbocycles. The van der Waals surface area contributed by atoms with Crippen molar-refractivity contribution in [1.82, 2.24) is 4.98 Å². The zero-order valence-electron chi connectivity index (χ0n) is 12.9. The zero-order valence-corrected chi connectivity index (χ0v) is 16.1. The first-order chi connectivity index (χ1) is 11.7. The van der Waals surface area contributed by atoms with E-state index in [1.54, 1.807) is 22.7 Å². The van der Waals surface area contributed by atoms with E-state index in [0.717, 1.165) is 31.9 Å². The summed E-state index contributed by atoms with van der Waals surface area (Å²) in [6, 6.07) is 12.0. The molecule has 122 valence electrons. The number of benzene rings is 2. The quantitative estimate of drug-likeness (QED) is 0.369. The molecule has 0 saturated heterocycles. The fourth-order valence-corrected chi connectivity index (χ4v) is 4.79. The van der Waals surface area contributed by atoms with Gasteiger partial charge in [0, 0.05) is 15.9 Å². The van der Waals surface area contributed by atoms with Crippen molar-refractivity contribution in [3.63, 3.8) is 0 Å². The summed E-state index contributed by atoms with van der Waals surface area (Å²) < 4.78 is 15.1. The Balaban J connectivity index is 1.50. The van der Waals surface area contributed by atoms with E-state index in [9.17, 15) is 0 Å². The third-order valence-corrected chi connectivity index (χ3v) is 5.91. The number of thiophene rings is 1. The van der Waals surface area contributed by atoms with Crippen molar-refractivity contribution in [3.05, 3.63) is 51.3 Å². The maximum absolute atomic E-state index is 6.00. The number of nitrogens with zero attached hydrogens (tertiary/aromatic N) is 1. The Labute approximate surface area is 156 Å². The third kappa shape index (κ3) is 3.14. The van der Waals surface area contributed by atoms with Crippen LogP contribution >= 0.6 is 38.6 Å². The van der Waals surface area contributed by atoms with Crippen molar-refractivity contribution in [1.29, 1.82) is 0 Å². The highest BCUT2D eigenvalue weighted by Crippen LogP contribution is 2.38. The van der Waals surface area contributed by atoms with Crippen LogP contribution < -0.4 is 9.47 Å². The molecule has 4 rings (SSSR count). The molecule has 0 spiro atoms. The lowest BCUT2D eigenvalue weighted by Gasteiger charge is -2.10. The molecule has 0 aliphatic heterocycles. The summed E-state index contributed by atoms with van der Waals surface area (Å²) >= 11 is 6.85. The van der Waals surface area contributed by atoms with Gasteiger partial charge in [0.05, 0.1) is 19.9 Å². The Kier molecular flexibility index (Phi) is 4.43. The predicted molar refractivity (Wildman–Crippen MR) is 105 cm³/mol. The van der Waals surface area contributed by atoms with E-state index in [-0.39, 0.29) is 0 Å². The molecule has 0 amide bonds. The van der Waals surface area contributed by atoms with Gasteiger partial charge in [0.15, 0.2) is 0 Å². The van der Waals surface area contributed by atoms with Crippen LogP contribution in [0.15, 0.2) is 46.3 Å². The smallest absolute Gasteiger partial charge is 0.129 e. The highest BCUT2D eigenvalue weighted by Gasteiger charge is 2.12. The van der Waals surface area contributed by atoms with Crippen LogP contribution in [0.5, 0.6) is 11.5 Å². The molecule has 0 N–H and O–H groups in total. The van der Waals surface area contributed by atoms with Crippen LogP contribution in [0.1, 0.15) is 5.01 Å². The molecule has 24 heavy (non-hydrogen) atoms. The van der Waals surface area contributed by atoms with Crippen LogP contribution in [-0.2, 0) is 0 Å². The van der Waals surface area contributed by atoms with Gasteiger partial charge < -0.3 is 9.47 Å². The number of aryl methyl sites for hydroxylation is 1. The van der Waals surface area contributed by atoms with Crippen LogP contribution in [0.2, 0.25) is 0 Å². The van der Waals surface area contributed by atoms with E-state index in [2.05, 4.69) is 38.4 Å². The molecule has 2 heterocycles. The third-order valence-electron chi connectivity index (χ3n) is 3.57. The van der Waals surface area contributed by atoms with E-state index >= 15 is 0 Å². The van der Waals surface area contributed by atoms with Crippen LogP contribution in [-0.4, -0.2) is 18.2 Å². The van der Waals surface area contributed by atoms with Gasteiger partial charge in [-0.2, -0.15) is 0 Å². The van der Waals surface area contributed by atoms with Gasteiger partial charge in [-0.05, 0) is 36.6 Å². The standard InChI is InChI=1S/C18H14BrNO2S2/c1-11-20-17-16(24-11)10-15(14-5-8-23-18(14)17)22-7-6-21-13-4-2-3-12(19)9-13/h2-5,8-10H,6-7H2,1H3. The van der Waals surface area contributed by atoms with Gasteiger partial charge in [-0.3, -0.25) is 0 Å². The second-order valence-electron chi connectivity index (χ2n) is 5.27. The molecule has 2 aromatic carbocycles. The van der Waals surface area contributed by atoms with E-state index in [1.165, 1.54) is 9.40 Å². The van der Waals surface area contributed by atoms with Crippen molar-refractivity contribution in [2.24, 2.45) is 0 Å². The van der Waals surface area contributed by atoms with Crippen molar-refractivity contribution >= 4 is 58.9 Å². The van der Waals surface area contributed by atoms with Gasteiger partial charge in [0.1, 0.15) is 24.7 Å². The first-order valence-electron chi connectivity index (χ1n) is 7.49. The van der Waals surface area contributed by atoms with Crippen molar-refractivity contribution in [2.75, 3.05) is 13.2 Å². The van der Waals surface area contributed by atoms with Gasteiger partial charge >= 0.3 is 0 Å². The van der Waals surface area contributed by atoms with E-state index in [4.69, 9.17) is 9.47 Å². The van der Waals surface area contributed by atoms with Gasteiger partial charge in [0.2, 0.25) is 0 Å². The van der Waals surface area contributed by atoms with Crippen LogP contribution in [0.25, 0.3) is 20.3 Å². The van der Waals surface area contributed by atoms with E-state index in [0.29, 0.717) is 13.2 Å². The number of hydrogen-bond acceptors (Lipinski definition) is 5. The normalized spacial score (nSPS) is 11.2. The zero-order chi connectivity index (χ0) is 16.5. The van der Waals surface area contributed by atoms with Crippen LogP contribution in [0, 0.1) is 6.92 Å². The molecular weight excluding hydrogens is 406 g/mol.